The van der Waals surface area contributed by atoms with E-state index in [9.17, 15) is 4.55 Å². The Kier molecular flexibility index (Phi) is 6.40. The topological polar surface area (TPSA) is 44.3 Å². The Morgan fingerprint density at radius 3 is 2.70 bits per heavy atom. The van der Waals surface area contributed by atoms with Crippen molar-refractivity contribution in [3.8, 4) is 5.75 Å². The summed E-state index contributed by atoms with van der Waals surface area (Å²) >= 11 is 5.06. The third-order valence-corrected chi connectivity index (χ3v) is 4.53. The monoisotopic (exact) mass is 315 g/mol. The summed E-state index contributed by atoms with van der Waals surface area (Å²) in [5.74, 6) is 0.684. The molecule has 0 saturated heterocycles. The average Bonchev–Trinajstić information content (AvgIpc) is 2.36. The van der Waals surface area contributed by atoms with E-state index in [1.165, 1.54) is 0 Å². The highest BCUT2D eigenvalue weighted by Gasteiger charge is 2.26. The van der Waals surface area contributed by atoms with E-state index in [0.29, 0.717) is 17.3 Å². The van der Waals surface area contributed by atoms with E-state index in [4.69, 9.17) is 16.3 Å². The minimum absolute atomic E-state index is 0.111. The zero-order valence-corrected chi connectivity index (χ0v) is 14.0. The van der Waals surface area contributed by atoms with Crippen molar-refractivity contribution >= 4 is 23.0 Å². The van der Waals surface area contributed by atoms with E-state index in [2.05, 4.69) is 11.3 Å². The molecular formula is C15H22ClNO2S. The summed E-state index contributed by atoms with van der Waals surface area (Å²) in [6, 6.07) is 5.48. The summed E-state index contributed by atoms with van der Waals surface area (Å²) in [4.78, 5) is 0. The molecule has 1 N–H and O–H groups in total. The summed E-state index contributed by atoms with van der Waals surface area (Å²) in [6.07, 6.45) is 1.60. The van der Waals surface area contributed by atoms with Gasteiger partial charge in [0, 0.05) is 21.9 Å². The van der Waals surface area contributed by atoms with Gasteiger partial charge in [0.15, 0.2) is 0 Å². The number of benzene rings is 1. The second-order valence-corrected chi connectivity index (χ2v) is 7.94. The molecule has 1 unspecified atom stereocenters. The molecule has 0 saturated carbocycles. The van der Waals surface area contributed by atoms with Crippen LogP contribution in [0.2, 0.25) is 5.02 Å². The Balaban J connectivity index is 2.85. The van der Waals surface area contributed by atoms with Crippen molar-refractivity contribution in [2.45, 2.75) is 45.1 Å². The van der Waals surface area contributed by atoms with Gasteiger partial charge in [-0.15, -0.1) is 4.72 Å². The first-order valence-electron chi connectivity index (χ1n) is 6.47. The first-order chi connectivity index (χ1) is 9.25. The summed E-state index contributed by atoms with van der Waals surface area (Å²) in [6.45, 7) is 11.7. The van der Waals surface area contributed by atoms with Crippen molar-refractivity contribution in [3.05, 3.63) is 41.4 Å². The first-order valence-corrected chi connectivity index (χ1v) is 8.00. The van der Waals surface area contributed by atoms with E-state index < -0.39 is 11.4 Å². The quantitative estimate of drug-likeness (QED) is 0.640. The second-order valence-electron chi connectivity index (χ2n) is 5.48. The van der Waals surface area contributed by atoms with E-state index in [-0.39, 0.29) is 10.9 Å². The van der Waals surface area contributed by atoms with Gasteiger partial charge < -0.3 is 9.29 Å². The molecule has 112 valence electrons. The molecule has 0 aliphatic rings. The predicted octanol–water partition coefficient (Wildman–Crippen LogP) is 3.85. The van der Waals surface area contributed by atoms with Crippen LogP contribution in [0.25, 0.3) is 0 Å². The molecule has 0 radical (unpaired) electrons. The van der Waals surface area contributed by atoms with E-state index in [1.54, 1.807) is 12.1 Å². The summed E-state index contributed by atoms with van der Waals surface area (Å²) < 4.78 is 20.5. The third kappa shape index (κ3) is 5.02. The van der Waals surface area contributed by atoms with Crippen molar-refractivity contribution < 1.29 is 9.29 Å². The van der Waals surface area contributed by atoms with Gasteiger partial charge in [0.05, 0.1) is 6.54 Å². The fourth-order valence-corrected chi connectivity index (χ4v) is 2.36. The highest BCUT2D eigenvalue weighted by molar-refractivity contribution is 7.90. The lowest BCUT2D eigenvalue weighted by atomic mass is 10.2. The molecule has 5 heteroatoms. The standard InChI is InChI=1S/C15H22ClNO2S/c1-6-11(2)19-14-9-7-8-13(16)12(14)10-17-20(18)15(3,4)5/h6-9,11,17H,1,10H2,2-5H3/t11?,20-/m0/s1. The lowest BCUT2D eigenvalue weighted by molar-refractivity contribution is 0.267. The van der Waals surface area contributed by atoms with Crippen LogP contribution in [0.15, 0.2) is 30.9 Å². The Morgan fingerprint density at radius 1 is 1.50 bits per heavy atom. The van der Waals surface area contributed by atoms with Gasteiger partial charge in [-0.3, -0.25) is 0 Å². The minimum atomic E-state index is -1.15. The van der Waals surface area contributed by atoms with Crippen LogP contribution in [0.1, 0.15) is 33.3 Å². The SMILES string of the molecule is C=CC(C)Oc1cccc(Cl)c1CN[S@@+]([O-])C(C)(C)C. The van der Waals surface area contributed by atoms with Crippen molar-refractivity contribution in [1.82, 2.24) is 4.72 Å². The van der Waals surface area contributed by atoms with Crippen molar-refractivity contribution in [2.75, 3.05) is 0 Å². The van der Waals surface area contributed by atoms with Gasteiger partial charge in [0.25, 0.3) is 0 Å². The second kappa shape index (κ2) is 7.36. The predicted molar refractivity (Wildman–Crippen MR) is 86.5 cm³/mol. The number of hydrogen-bond donors (Lipinski definition) is 1. The van der Waals surface area contributed by atoms with Crippen molar-refractivity contribution in [3.63, 3.8) is 0 Å². The van der Waals surface area contributed by atoms with Crippen LogP contribution in [0.3, 0.4) is 0 Å². The maximum absolute atomic E-state index is 12.0. The molecule has 0 amide bonds. The van der Waals surface area contributed by atoms with Crippen LogP contribution < -0.4 is 9.46 Å². The van der Waals surface area contributed by atoms with Crippen LogP contribution in [0.5, 0.6) is 5.75 Å². The molecule has 3 nitrogen and oxygen atoms in total. The summed E-state index contributed by atoms with van der Waals surface area (Å²) in [5.41, 5.74) is 0.806. The summed E-state index contributed by atoms with van der Waals surface area (Å²) in [7, 11) is 0. The average molecular weight is 316 g/mol. The number of ether oxygens (including phenoxy) is 1. The van der Waals surface area contributed by atoms with Gasteiger partial charge >= 0.3 is 0 Å². The Morgan fingerprint density at radius 2 is 2.15 bits per heavy atom. The van der Waals surface area contributed by atoms with Gasteiger partial charge in [-0.2, -0.15) is 0 Å². The van der Waals surface area contributed by atoms with E-state index in [0.717, 1.165) is 5.56 Å². The number of hydrogen-bond acceptors (Lipinski definition) is 3. The van der Waals surface area contributed by atoms with Crippen LogP contribution in [-0.4, -0.2) is 15.4 Å². The van der Waals surface area contributed by atoms with Gasteiger partial charge in [-0.1, -0.05) is 30.3 Å². The van der Waals surface area contributed by atoms with Gasteiger partial charge in [-0.05, 0) is 39.8 Å². The van der Waals surface area contributed by atoms with E-state index >= 15 is 0 Å². The molecule has 0 bridgehead atoms. The van der Waals surface area contributed by atoms with Crippen molar-refractivity contribution in [1.29, 1.82) is 0 Å². The minimum Gasteiger partial charge on any atom is -0.598 e. The third-order valence-electron chi connectivity index (χ3n) is 2.66. The largest absolute Gasteiger partial charge is 0.598 e. The molecule has 0 aromatic heterocycles. The number of halogens is 1. The van der Waals surface area contributed by atoms with E-state index in [1.807, 2.05) is 39.8 Å². The first kappa shape index (κ1) is 17.4. The molecule has 0 aliphatic carbocycles. The smallest absolute Gasteiger partial charge is 0.136 e. The Bertz CT molecular complexity index is 460. The molecule has 20 heavy (non-hydrogen) atoms. The maximum atomic E-state index is 12.0. The lowest BCUT2D eigenvalue weighted by Gasteiger charge is -2.24. The molecule has 1 aromatic carbocycles. The van der Waals surface area contributed by atoms with Gasteiger partial charge in [-0.25, -0.2) is 0 Å². The lowest BCUT2D eigenvalue weighted by Crippen LogP contribution is -2.39. The molecule has 1 aromatic rings. The molecule has 0 spiro atoms. The fraction of sp³-hybridized carbons (Fsp3) is 0.467. The Hall–Kier alpha value is -0.680. The zero-order valence-electron chi connectivity index (χ0n) is 12.4. The van der Waals surface area contributed by atoms with Crippen LogP contribution in [0, 0.1) is 0 Å². The number of rotatable bonds is 6. The van der Waals surface area contributed by atoms with Crippen molar-refractivity contribution in [2.24, 2.45) is 0 Å². The molecule has 0 aliphatic heterocycles. The Labute approximate surface area is 129 Å². The highest BCUT2D eigenvalue weighted by Crippen LogP contribution is 2.28. The molecular weight excluding hydrogens is 294 g/mol. The zero-order chi connectivity index (χ0) is 15.3. The van der Waals surface area contributed by atoms with Crippen LogP contribution in [-0.2, 0) is 17.9 Å². The molecule has 0 heterocycles. The normalized spacial score (nSPS) is 14.7. The molecule has 1 rings (SSSR count). The molecule has 0 fully saturated rings. The highest BCUT2D eigenvalue weighted by atomic mass is 35.5. The maximum Gasteiger partial charge on any atom is 0.136 e. The summed E-state index contributed by atoms with van der Waals surface area (Å²) in [5, 5.41) is 0.595. The van der Waals surface area contributed by atoms with Gasteiger partial charge in [0.1, 0.15) is 16.6 Å². The molecule has 2 atom stereocenters. The fourth-order valence-electron chi connectivity index (χ4n) is 1.42. The number of nitrogens with one attached hydrogen (secondary N) is 1. The van der Waals surface area contributed by atoms with Crippen LogP contribution >= 0.6 is 11.6 Å². The van der Waals surface area contributed by atoms with Gasteiger partial charge in [0.2, 0.25) is 0 Å². The van der Waals surface area contributed by atoms with Crippen LogP contribution in [0.4, 0.5) is 0 Å².